The van der Waals surface area contributed by atoms with Crippen LogP contribution in [0, 0.1) is 0 Å². The third-order valence-corrected chi connectivity index (χ3v) is 0.267. The Kier molecular flexibility index (Phi) is 9.22. The zero-order chi connectivity index (χ0) is 4.28. The maximum Gasteiger partial charge on any atom is 1.00 e. The molecular weight excluding hydrogens is 102 g/mol. The fourth-order valence-electron chi connectivity index (χ4n) is 0. The van der Waals surface area contributed by atoms with Gasteiger partial charge in [0.1, 0.15) is 0 Å². The summed E-state index contributed by atoms with van der Waals surface area (Å²) in [6.45, 7) is 0. The average molecular weight is 105 g/mol. The van der Waals surface area contributed by atoms with Gasteiger partial charge in [0, 0.05) is 0 Å². The summed E-state index contributed by atoms with van der Waals surface area (Å²) in [6, 6.07) is -1.28. The van der Waals surface area contributed by atoms with Crippen LogP contribution in [0.15, 0.2) is 0 Å². The summed E-state index contributed by atoms with van der Waals surface area (Å²) in [4.78, 5) is 0. The van der Waals surface area contributed by atoms with Crippen LogP contribution in [0.1, 0.15) is 1.43 Å². The van der Waals surface area contributed by atoms with E-state index in [1.54, 1.807) is 0 Å². The van der Waals surface area contributed by atoms with Crippen LogP contribution in [0.25, 0.3) is 0 Å². The first kappa shape index (κ1) is 9.81. The van der Waals surface area contributed by atoms with Gasteiger partial charge < -0.3 is 5.98 Å². The van der Waals surface area contributed by atoms with Crippen LogP contribution in [0.4, 0.5) is 4.39 Å². The number of hydrogen-bond donors (Lipinski definition) is 0. The van der Waals surface area contributed by atoms with Crippen LogP contribution in [0.5, 0.6) is 0 Å². The molecule has 0 bridgehead atoms. The Morgan fingerprint density at radius 3 is 2.17 bits per heavy atom. The van der Waals surface area contributed by atoms with Crippen LogP contribution in [-0.4, -0.2) is 14.8 Å². The van der Waals surface area contributed by atoms with Gasteiger partial charge in [-0.15, -0.1) is 0 Å². The summed E-state index contributed by atoms with van der Waals surface area (Å²) in [5, 5.41) is 0. The standard InChI is InChI=1S/CH3FO2S.Li.H/c2-1-5(3)4;;/h1H2,(H,3,4);;/q;+1;-1/p-1. The monoisotopic (exact) mass is 105 g/mol. The van der Waals surface area contributed by atoms with Crippen LogP contribution in [0.2, 0.25) is 0 Å². The minimum atomic E-state index is -2.49. The molecule has 2 nitrogen and oxygen atoms in total. The van der Waals surface area contributed by atoms with E-state index in [-0.39, 0.29) is 20.3 Å². The Labute approximate surface area is 51.1 Å². The number of halogens is 1. The van der Waals surface area contributed by atoms with Crippen molar-refractivity contribution in [1.29, 1.82) is 0 Å². The predicted molar refractivity (Wildman–Crippen MR) is 16.0 cm³/mol. The molecule has 0 aliphatic rings. The largest absolute Gasteiger partial charge is 1.00 e. The summed E-state index contributed by atoms with van der Waals surface area (Å²) in [7, 11) is 0. The Morgan fingerprint density at radius 1 is 2.00 bits per heavy atom. The van der Waals surface area contributed by atoms with Crippen molar-refractivity contribution in [2.45, 2.75) is 0 Å². The average Bonchev–Trinajstić information content (AvgIpc) is 1.38. The first-order valence-electron chi connectivity index (χ1n) is 0.889. The quantitative estimate of drug-likeness (QED) is 0.262. The van der Waals surface area contributed by atoms with E-state index in [2.05, 4.69) is 0 Å². The van der Waals surface area contributed by atoms with E-state index in [9.17, 15) is 4.39 Å². The number of hydrogen-bond acceptors (Lipinski definition) is 2. The molecule has 0 aliphatic carbocycles. The van der Waals surface area contributed by atoms with Crippen molar-refractivity contribution in [3.05, 3.63) is 0 Å². The van der Waals surface area contributed by atoms with E-state index in [1.165, 1.54) is 0 Å². The van der Waals surface area contributed by atoms with Gasteiger partial charge >= 0.3 is 18.9 Å². The van der Waals surface area contributed by atoms with Gasteiger partial charge in [-0.3, -0.25) is 4.21 Å². The van der Waals surface area contributed by atoms with Crippen molar-refractivity contribution in [1.82, 2.24) is 0 Å². The molecule has 0 fully saturated rings. The Bertz CT molecular complexity index is 53.0. The molecule has 0 amide bonds. The first-order valence-corrected chi connectivity index (χ1v) is 2.13. The van der Waals surface area contributed by atoms with Crippen LogP contribution < -0.4 is 18.9 Å². The maximum absolute atomic E-state index is 10.5. The van der Waals surface area contributed by atoms with E-state index >= 15 is 0 Å². The number of rotatable bonds is 1. The molecule has 0 saturated carbocycles. The normalized spacial score (nSPS) is 12.3. The van der Waals surface area contributed by atoms with E-state index < -0.39 is 17.1 Å². The van der Waals surface area contributed by atoms with Gasteiger partial charge in [0.15, 0.2) is 6.01 Å². The SMILES string of the molecule is O=S([O-])CF.[H-].[Li+]. The van der Waals surface area contributed by atoms with Gasteiger partial charge in [0.25, 0.3) is 0 Å². The van der Waals surface area contributed by atoms with E-state index in [4.69, 9.17) is 8.76 Å². The minimum absolute atomic E-state index is 0. The number of alkyl halides is 1. The van der Waals surface area contributed by atoms with Crippen molar-refractivity contribution in [2.24, 2.45) is 0 Å². The Balaban J connectivity index is -0.0000000800. The molecule has 0 aliphatic heterocycles. The second-order valence-corrected chi connectivity index (χ2v) is 1.24. The molecule has 0 aromatic rings. The molecule has 0 spiro atoms. The van der Waals surface area contributed by atoms with E-state index in [0.29, 0.717) is 0 Å². The molecule has 1 atom stereocenters. The molecule has 5 heteroatoms. The smallest absolute Gasteiger partial charge is 1.00 e. The molecule has 0 N–H and O–H groups in total. The van der Waals surface area contributed by atoms with Crippen LogP contribution in [-0.2, 0) is 11.1 Å². The maximum atomic E-state index is 10.5. The Morgan fingerprint density at radius 2 is 2.17 bits per heavy atom. The summed E-state index contributed by atoms with van der Waals surface area (Å²) < 4.78 is 28.5. The topological polar surface area (TPSA) is 40.1 Å². The molecule has 0 aromatic heterocycles. The van der Waals surface area contributed by atoms with Crippen LogP contribution in [0.3, 0.4) is 0 Å². The van der Waals surface area contributed by atoms with Crippen LogP contribution >= 0.6 is 0 Å². The van der Waals surface area contributed by atoms with Crippen molar-refractivity contribution >= 4 is 11.1 Å². The van der Waals surface area contributed by atoms with Gasteiger partial charge in [0.2, 0.25) is 0 Å². The molecule has 0 radical (unpaired) electrons. The third-order valence-electron chi connectivity index (χ3n) is 0.0891. The fraction of sp³-hybridized carbons (Fsp3) is 1.00. The molecule has 6 heavy (non-hydrogen) atoms. The summed E-state index contributed by atoms with van der Waals surface area (Å²) in [5.41, 5.74) is 0. The molecule has 0 aromatic carbocycles. The van der Waals surface area contributed by atoms with Gasteiger partial charge in [0.05, 0.1) is 0 Å². The minimum Gasteiger partial charge on any atom is -1.00 e. The van der Waals surface area contributed by atoms with Crippen molar-refractivity contribution in [2.75, 3.05) is 6.01 Å². The molecule has 0 heterocycles. The molecule has 0 saturated heterocycles. The van der Waals surface area contributed by atoms with Crippen molar-refractivity contribution in [3.8, 4) is 0 Å². The second kappa shape index (κ2) is 5.64. The summed E-state index contributed by atoms with van der Waals surface area (Å²) in [5.74, 6) is 0. The molecule has 1 unspecified atom stereocenters. The molecule has 0 rings (SSSR count). The van der Waals surface area contributed by atoms with Gasteiger partial charge in [-0.25, -0.2) is 4.39 Å². The first-order chi connectivity index (χ1) is 2.27. The van der Waals surface area contributed by atoms with E-state index in [1.807, 2.05) is 0 Å². The predicted octanol–water partition coefficient (Wildman–Crippen LogP) is -3.09. The van der Waals surface area contributed by atoms with Gasteiger partial charge in [-0.05, 0) is 11.1 Å². The second-order valence-electron chi connectivity index (χ2n) is 0.413. The Hall–Kier alpha value is 0.637. The summed E-state index contributed by atoms with van der Waals surface area (Å²) >= 11 is -2.49. The van der Waals surface area contributed by atoms with Crippen molar-refractivity contribution < 1.29 is 33.4 Å². The molecular formula is CH3FLiO2S-. The van der Waals surface area contributed by atoms with Gasteiger partial charge in [-0.1, -0.05) is 0 Å². The zero-order valence-electron chi connectivity index (χ0n) is 4.31. The third kappa shape index (κ3) is 8.82. The molecule has 34 valence electrons. The van der Waals surface area contributed by atoms with Crippen molar-refractivity contribution in [3.63, 3.8) is 0 Å². The van der Waals surface area contributed by atoms with Gasteiger partial charge in [-0.2, -0.15) is 0 Å². The fourth-order valence-corrected chi connectivity index (χ4v) is 0. The zero-order valence-corrected chi connectivity index (χ0v) is 4.13. The van der Waals surface area contributed by atoms with E-state index in [0.717, 1.165) is 0 Å². The summed E-state index contributed by atoms with van der Waals surface area (Å²) in [6.07, 6.45) is 0.